The van der Waals surface area contributed by atoms with Gasteiger partial charge in [0.25, 0.3) is 0 Å². The second-order valence-electron chi connectivity index (χ2n) is 5.00. The Morgan fingerprint density at radius 1 is 1.21 bits per heavy atom. The first-order chi connectivity index (χ1) is 9.10. The van der Waals surface area contributed by atoms with E-state index in [-0.39, 0.29) is 6.04 Å². The number of fused-ring (bicyclic) bond motifs is 1. The number of hydrogen-bond donors (Lipinski definition) is 0. The van der Waals surface area contributed by atoms with Crippen LogP contribution in [0.5, 0.6) is 0 Å². The van der Waals surface area contributed by atoms with Crippen LogP contribution in [-0.2, 0) is 21.4 Å². The Morgan fingerprint density at radius 3 is 2.63 bits per heavy atom. The largest absolute Gasteiger partial charge is 0.379 e. The van der Waals surface area contributed by atoms with Gasteiger partial charge in [-0.05, 0) is 25.0 Å². The Morgan fingerprint density at radius 2 is 1.89 bits per heavy atom. The van der Waals surface area contributed by atoms with Gasteiger partial charge in [-0.1, -0.05) is 18.2 Å². The van der Waals surface area contributed by atoms with Crippen molar-refractivity contribution in [1.29, 1.82) is 0 Å². The van der Waals surface area contributed by atoms with E-state index in [1.807, 2.05) is 31.2 Å². The fourth-order valence-electron chi connectivity index (χ4n) is 2.79. The van der Waals surface area contributed by atoms with Gasteiger partial charge in [0.15, 0.2) is 0 Å². The van der Waals surface area contributed by atoms with Crippen LogP contribution in [0.3, 0.4) is 0 Å². The summed E-state index contributed by atoms with van der Waals surface area (Å²) in [6.07, 6.45) is 0.778. The monoisotopic (exact) mass is 282 g/mol. The lowest BCUT2D eigenvalue weighted by molar-refractivity contribution is 0.0728. The molecule has 2 aliphatic rings. The molecule has 0 bridgehead atoms. The van der Waals surface area contributed by atoms with E-state index in [1.54, 1.807) is 4.31 Å². The van der Waals surface area contributed by atoms with Gasteiger partial charge >= 0.3 is 10.2 Å². The van der Waals surface area contributed by atoms with Crippen LogP contribution < -0.4 is 4.31 Å². The Kier molecular flexibility index (Phi) is 3.24. The van der Waals surface area contributed by atoms with E-state index in [0.717, 1.165) is 17.7 Å². The van der Waals surface area contributed by atoms with Gasteiger partial charge in [0.05, 0.1) is 18.9 Å². The molecule has 2 heterocycles. The van der Waals surface area contributed by atoms with Crippen molar-refractivity contribution in [2.24, 2.45) is 0 Å². The summed E-state index contributed by atoms with van der Waals surface area (Å²) < 4.78 is 33.8. The van der Waals surface area contributed by atoms with Crippen molar-refractivity contribution in [3.8, 4) is 0 Å². The van der Waals surface area contributed by atoms with E-state index in [4.69, 9.17) is 4.74 Å². The van der Waals surface area contributed by atoms with E-state index in [1.165, 1.54) is 4.31 Å². The van der Waals surface area contributed by atoms with Crippen LogP contribution >= 0.6 is 0 Å². The molecular formula is C13H18N2O3S. The molecule has 0 aliphatic carbocycles. The standard InChI is InChI=1S/C13H18N2O3S/c1-11-10-12-4-2-3-5-13(12)15(11)19(16,17)14-6-8-18-9-7-14/h2-5,11H,6-10H2,1H3/t11-/m0/s1. The highest BCUT2D eigenvalue weighted by atomic mass is 32.2. The number of morpholine rings is 1. The second-order valence-corrected chi connectivity index (χ2v) is 6.80. The summed E-state index contributed by atoms with van der Waals surface area (Å²) in [7, 11) is -3.44. The number of benzene rings is 1. The van der Waals surface area contributed by atoms with Gasteiger partial charge in [-0.3, -0.25) is 4.31 Å². The number of ether oxygens (including phenoxy) is 1. The van der Waals surface area contributed by atoms with Crippen molar-refractivity contribution in [1.82, 2.24) is 4.31 Å². The Labute approximate surface area is 114 Å². The van der Waals surface area contributed by atoms with Crippen LogP contribution in [0.25, 0.3) is 0 Å². The molecule has 1 saturated heterocycles. The summed E-state index contributed by atoms with van der Waals surface area (Å²) in [5.41, 5.74) is 1.92. The average Bonchev–Trinajstić information content (AvgIpc) is 2.76. The highest BCUT2D eigenvalue weighted by Gasteiger charge is 2.38. The summed E-state index contributed by atoms with van der Waals surface area (Å²) in [6, 6.07) is 7.71. The van der Waals surface area contributed by atoms with E-state index in [0.29, 0.717) is 26.3 Å². The quantitative estimate of drug-likeness (QED) is 0.813. The minimum Gasteiger partial charge on any atom is -0.379 e. The predicted molar refractivity (Wildman–Crippen MR) is 73.4 cm³/mol. The van der Waals surface area contributed by atoms with E-state index in [9.17, 15) is 8.42 Å². The zero-order chi connectivity index (χ0) is 13.5. The fraction of sp³-hybridized carbons (Fsp3) is 0.538. The van der Waals surface area contributed by atoms with Gasteiger partial charge in [0, 0.05) is 19.1 Å². The molecule has 2 aliphatic heterocycles. The van der Waals surface area contributed by atoms with Gasteiger partial charge in [-0.25, -0.2) is 0 Å². The highest BCUT2D eigenvalue weighted by molar-refractivity contribution is 7.90. The number of hydrogen-bond acceptors (Lipinski definition) is 3. The van der Waals surface area contributed by atoms with Crippen molar-refractivity contribution in [3.05, 3.63) is 29.8 Å². The lowest BCUT2D eigenvalue weighted by Gasteiger charge is -2.33. The summed E-state index contributed by atoms with van der Waals surface area (Å²) in [5.74, 6) is 0. The van der Waals surface area contributed by atoms with Crippen LogP contribution in [0.4, 0.5) is 5.69 Å². The summed E-state index contributed by atoms with van der Waals surface area (Å²) in [4.78, 5) is 0. The van der Waals surface area contributed by atoms with E-state index >= 15 is 0 Å². The zero-order valence-corrected chi connectivity index (χ0v) is 11.8. The second kappa shape index (κ2) is 4.77. The molecule has 1 atom stereocenters. The third-order valence-electron chi connectivity index (χ3n) is 3.69. The average molecular weight is 282 g/mol. The molecule has 5 nitrogen and oxygen atoms in total. The van der Waals surface area contributed by atoms with Gasteiger partial charge < -0.3 is 4.74 Å². The number of rotatable bonds is 2. The van der Waals surface area contributed by atoms with Crippen molar-refractivity contribution < 1.29 is 13.2 Å². The Balaban J connectivity index is 1.97. The lowest BCUT2D eigenvalue weighted by atomic mass is 10.1. The smallest absolute Gasteiger partial charge is 0.304 e. The fourth-order valence-corrected chi connectivity index (χ4v) is 4.61. The number of anilines is 1. The van der Waals surface area contributed by atoms with Crippen LogP contribution in [-0.4, -0.2) is 45.1 Å². The molecule has 0 saturated carbocycles. The summed E-state index contributed by atoms with van der Waals surface area (Å²) in [5, 5.41) is 0. The Hall–Kier alpha value is -1.11. The molecule has 0 aromatic heterocycles. The van der Waals surface area contributed by atoms with Gasteiger partial charge in [-0.2, -0.15) is 12.7 Å². The minimum atomic E-state index is -3.44. The molecular weight excluding hydrogens is 264 g/mol. The molecule has 0 N–H and O–H groups in total. The van der Waals surface area contributed by atoms with E-state index in [2.05, 4.69) is 0 Å². The molecule has 1 aromatic rings. The van der Waals surface area contributed by atoms with Crippen molar-refractivity contribution >= 4 is 15.9 Å². The summed E-state index contributed by atoms with van der Waals surface area (Å²) in [6.45, 7) is 3.78. The van der Waals surface area contributed by atoms with Gasteiger partial charge in [0.2, 0.25) is 0 Å². The third-order valence-corrected chi connectivity index (χ3v) is 5.76. The maximum Gasteiger partial charge on any atom is 0.304 e. The molecule has 0 amide bonds. The predicted octanol–water partition coefficient (Wildman–Crippen LogP) is 1.01. The maximum absolute atomic E-state index is 12.8. The molecule has 6 heteroatoms. The first kappa shape index (κ1) is 12.9. The SMILES string of the molecule is C[C@H]1Cc2ccccc2N1S(=O)(=O)N1CCOCC1. The highest BCUT2D eigenvalue weighted by Crippen LogP contribution is 2.35. The normalized spacial score (nSPS) is 24.5. The van der Waals surface area contributed by atoms with Crippen molar-refractivity contribution in [3.63, 3.8) is 0 Å². The first-order valence-electron chi connectivity index (χ1n) is 6.56. The van der Waals surface area contributed by atoms with Crippen LogP contribution in [0.1, 0.15) is 12.5 Å². The zero-order valence-electron chi connectivity index (χ0n) is 10.9. The Bertz CT molecular complexity index is 567. The number of para-hydroxylation sites is 1. The lowest BCUT2D eigenvalue weighted by Crippen LogP contribution is -2.50. The molecule has 0 spiro atoms. The first-order valence-corrected chi connectivity index (χ1v) is 7.95. The van der Waals surface area contributed by atoms with Gasteiger partial charge in [0.1, 0.15) is 0 Å². The summed E-state index contributed by atoms with van der Waals surface area (Å²) >= 11 is 0. The van der Waals surface area contributed by atoms with Crippen LogP contribution in [0.2, 0.25) is 0 Å². The molecule has 0 unspecified atom stereocenters. The van der Waals surface area contributed by atoms with Crippen molar-refractivity contribution in [2.45, 2.75) is 19.4 Å². The molecule has 1 aromatic carbocycles. The van der Waals surface area contributed by atoms with Crippen LogP contribution in [0, 0.1) is 0 Å². The van der Waals surface area contributed by atoms with Crippen molar-refractivity contribution in [2.75, 3.05) is 30.6 Å². The number of nitrogens with zero attached hydrogens (tertiary/aromatic N) is 2. The van der Waals surface area contributed by atoms with Crippen LogP contribution in [0.15, 0.2) is 24.3 Å². The molecule has 1 fully saturated rings. The molecule has 3 rings (SSSR count). The topological polar surface area (TPSA) is 49.9 Å². The van der Waals surface area contributed by atoms with E-state index < -0.39 is 10.2 Å². The maximum atomic E-state index is 12.8. The molecule has 19 heavy (non-hydrogen) atoms. The van der Waals surface area contributed by atoms with Gasteiger partial charge in [-0.15, -0.1) is 0 Å². The molecule has 104 valence electrons. The third kappa shape index (κ3) is 2.13. The molecule has 0 radical (unpaired) electrons. The minimum absolute atomic E-state index is 0.0229.